The number of hydrogen-bond donors (Lipinski definition) is 2. The molecule has 6 nitrogen and oxygen atoms in total. The molecule has 37 heavy (non-hydrogen) atoms. The van der Waals surface area contributed by atoms with Crippen molar-refractivity contribution < 1.29 is 9.59 Å². The molecule has 0 atom stereocenters. The van der Waals surface area contributed by atoms with Crippen molar-refractivity contribution >= 4 is 28.3 Å². The van der Waals surface area contributed by atoms with E-state index >= 15 is 0 Å². The first-order chi connectivity index (χ1) is 17.9. The molecular formula is C31H22N4O2. The summed E-state index contributed by atoms with van der Waals surface area (Å²) in [6, 6.07) is 27.7. The van der Waals surface area contributed by atoms with Crippen molar-refractivity contribution in [3.05, 3.63) is 120 Å². The Morgan fingerprint density at radius 2 is 1.68 bits per heavy atom. The molecule has 0 saturated carbocycles. The number of amides is 2. The average Bonchev–Trinajstić information content (AvgIpc) is 2.93. The number of primary amides is 1. The zero-order valence-electron chi connectivity index (χ0n) is 20.0. The first-order valence-electron chi connectivity index (χ1n) is 11.6. The second kappa shape index (κ2) is 9.76. The molecule has 0 aliphatic heterocycles. The van der Waals surface area contributed by atoms with Gasteiger partial charge in [0.2, 0.25) is 5.91 Å². The average molecular weight is 483 g/mol. The van der Waals surface area contributed by atoms with Gasteiger partial charge in [0.15, 0.2) is 0 Å². The highest BCUT2D eigenvalue weighted by Crippen LogP contribution is 2.34. The molecule has 4 aromatic carbocycles. The number of nitriles is 1. The summed E-state index contributed by atoms with van der Waals surface area (Å²) in [7, 11) is 0. The molecule has 0 saturated heterocycles. The van der Waals surface area contributed by atoms with Crippen molar-refractivity contribution in [2.24, 2.45) is 5.73 Å². The molecule has 178 valence electrons. The van der Waals surface area contributed by atoms with Gasteiger partial charge >= 0.3 is 0 Å². The SMILES string of the molecule is Cc1cc(-c2cccc(C#N)c2)c(C(=O)Nc2cccc3cnccc23)cc1-c1ccc(C(N)=O)cc1. The van der Waals surface area contributed by atoms with E-state index in [9.17, 15) is 14.9 Å². The molecule has 3 N–H and O–H groups in total. The maximum atomic E-state index is 13.8. The van der Waals surface area contributed by atoms with Crippen LogP contribution in [0.5, 0.6) is 0 Å². The fraction of sp³-hybridized carbons (Fsp3) is 0.0323. The Bertz CT molecular complexity index is 1710. The molecule has 0 aliphatic carbocycles. The van der Waals surface area contributed by atoms with Crippen molar-refractivity contribution in [2.75, 3.05) is 5.32 Å². The predicted octanol–water partition coefficient (Wildman–Crippen LogP) is 6.10. The van der Waals surface area contributed by atoms with Crippen LogP contribution in [0.1, 0.15) is 31.8 Å². The van der Waals surface area contributed by atoms with E-state index in [1.54, 1.807) is 42.7 Å². The van der Waals surface area contributed by atoms with Gasteiger partial charge in [0.05, 0.1) is 11.6 Å². The number of aryl methyl sites for hydroxylation is 1. The Kier molecular flexibility index (Phi) is 6.19. The maximum Gasteiger partial charge on any atom is 0.256 e. The number of nitrogens with zero attached hydrogens (tertiary/aromatic N) is 2. The van der Waals surface area contributed by atoms with Crippen LogP contribution in [0.3, 0.4) is 0 Å². The van der Waals surface area contributed by atoms with Gasteiger partial charge in [0.25, 0.3) is 5.91 Å². The lowest BCUT2D eigenvalue weighted by atomic mass is 9.90. The topological polar surface area (TPSA) is 109 Å². The number of nitrogens with two attached hydrogens (primary N) is 1. The Balaban J connectivity index is 1.65. The van der Waals surface area contributed by atoms with E-state index in [0.717, 1.165) is 33.0 Å². The minimum atomic E-state index is -0.499. The van der Waals surface area contributed by atoms with Gasteiger partial charge in [-0.25, -0.2) is 0 Å². The van der Waals surface area contributed by atoms with Crippen molar-refractivity contribution in [1.29, 1.82) is 5.26 Å². The third-order valence-electron chi connectivity index (χ3n) is 6.32. The van der Waals surface area contributed by atoms with E-state index < -0.39 is 5.91 Å². The molecule has 0 aliphatic rings. The Morgan fingerprint density at radius 1 is 0.892 bits per heavy atom. The van der Waals surface area contributed by atoms with Crippen LogP contribution in [0.2, 0.25) is 0 Å². The van der Waals surface area contributed by atoms with E-state index in [2.05, 4.69) is 16.4 Å². The smallest absolute Gasteiger partial charge is 0.256 e. The molecule has 2 amide bonds. The monoisotopic (exact) mass is 482 g/mol. The van der Waals surface area contributed by atoms with Crippen LogP contribution in [0, 0.1) is 18.3 Å². The largest absolute Gasteiger partial charge is 0.366 e. The standard InChI is InChI=1S/C31H22N4O2/c1-19-14-27(23-5-2-4-20(15-23)17-32)28(16-26(19)21-8-10-22(11-9-21)30(33)36)31(37)35-29-7-3-6-24-18-34-13-12-25(24)29/h2-16,18H,1H3,(H2,33,36)(H,35,37). The summed E-state index contributed by atoms with van der Waals surface area (Å²) < 4.78 is 0. The van der Waals surface area contributed by atoms with Crippen molar-refractivity contribution in [1.82, 2.24) is 4.98 Å². The lowest BCUT2D eigenvalue weighted by Gasteiger charge is -2.16. The van der Waals surface area contributed by atoms with Crippen LogP contribution >= 0.6 is 0 Å². The van der Waals surface area contributed by atoms with Gasteiger partial charge in [-0.05, 0) is 77.2 Å². The quantitative estimate of drug-likeness (QED) is 0.315. The second-order valence-corrected chi connectivity index (χ2v) is 8.70. The van der Waals surface area contributed by atoms with Crippen molar-refractivity contribution in [3.63, 3.8) is 0 Å². The number of nitrogens with one attached hydrogen (secondary N) is 1. The minimum Gasteiger partial charge on any atom is -0.366 e. The Hall–Kier alpha value is -5.28. The van der Waals surface area contributed by atoms with Gasteiger partial charge in [-0.15, -0.1) is 0 Å². The highest BCUT2D eigenvalue weighted by Gasteiger charge is 2.18. The second-order valence-electron chi connectivity index (χ2n) is 8.70. The van der Waals surface area contributed by atoms with E-state index in [1.807, 2.05) is 61.5 Å². The molecule has 5 rings (SSSR count). The number of hydrogen-bond acceptors (Lipinski definition) is 4. The highest BCUT2D eigenvalue weighted by atomic mass is 16.2. The van der Waals surface area contributed by atoms with Gasteiger partial charge in [-0.3, -0.25) is 14.6 Å². The molecule has 0 radical (unpaired) electrons. The normalized spacial score (nSPS) is 10.6. The summed E-state index contributed by atoms with van der Waals surface area (Å²) in [6.45, 7) is 1.97. The number of aromatic nitrogens is 1. The van der Waals surface area contributed by atoms with Crippen LogP contribution in [-0.4, -0.2) is 16.8 Å². The molecular weight excluding hydrogens is 460 g/mol. The van der Waals surface area contributed by atoms with Crippen LogP contribution in [0.15, 0.2) is 97.3 Å². The molecule has 5 aromatic rings. The van der Waals surface area contributed by atoms with Crippen LogP contribution in [-0.2, 0) is 0 Å². The van der Waals surface area contributed by atoms with Gasteiger partial charge in [0.1, 0.15) is 0 Å². The summed E-state index contributed by atoms with van der Waals surface area (Å²) in [4.78, 5) is 29.5. The number of carbonyl (C=O) groups excluding carboxylic acids is 2. The number of anilines is 1. The van der Waals surface area contributed by atoms with Crippen LogP contribution in [0.4, 0.5) is 5.69 Å². The fourth-order valence-electron chi connectivity index (χ4n) is 4.44. The fourth-order valence-corrected chi connectivity index (χ4v) is 4.44. The molecule has 0 unspecified atom stereocenters. The predicted molar refractivity (Wildman–Crippen MR) is 145 cm³/mol. The maximum absolute atomic E-state index is 13.8. The highest BCUT2D eigenvalue weighted by molar-refractivity contribution is 6.13. The van der Waals surface area contributed by atoms with Crippen molar-refractivity contribution in [2.45, 2.75) is 6.92 Å². The van der Waals surface area contributed by atoms with Gasteiger partial charge in [-0.2, -0.15) is 5.26 Å². The number of benzene rings is 4. The van der Waals surface area contributed by atoms with E-state index in [1.165, 1.54) is 0 Å². The lowest BCUT2D eigenvalue weighted by Crippen LogP contribution is -2.14. The van der Waals surface area contributed by atoms with E-state index in [4.69, 9.17) is 5.73 Å². The lowest BCUT2D eigenvalue weighted by molar-refractivity contribution is 0.0997. The first-order valence-corrected chi connectivity index (χ1v) is 11.6. The number of carbonyl (C=O) groups is 2. The Labute approximate surface area is 214 Å². The first kappa shape index (κ1) is 23.5. The molecule has 6 heteroatoms. The van der Waals surface area contributed by atoms with Crippen LogP contribution in [0.25, 0.3) is 33.0 Å². The Morgan fingerprint density at radius 3 is 2.43 bits per heavy atom. The zero-order chi connectivity index (χ0) is 25.9. The summed E-state index contributed by atoms with van der Waals surface area (Å²) in [5.74, 6) is -0.780. The van der Waals surface area contributed by atoms with Crippen molar-refractivity contribution in [3.8, 4) is 28.3 Å². The minimum absolute atomic E-state index is 0.281. The van der Waals surface area contributed by atoms with E-state index in [-0.39, 0.29) is 5.91 Å². The third kappa shape index (κ3) is 4.66. The molecule has 0 bridgehead atoms. The number of fused-ring (bicyclic) bond motifs is 1. The molecule has 1 heterocycles. The summed E-state index contributed by atoms with van der Waals surface area (Å²) in [5, 5.41) is 14.3. The summed E-state index contributed by atoms with van der Waals surface area (Å²) in [5.41, 5.74) is 11.6. The van der Waals surface area contributed by atoms with Gasteiger partial charge in [-0.1, -0.05) is 42.5 Å². The molecule has 0 fully saturated rings. The van der Waals surface area contributed by atoms with E-state index in [0.29, 0.717) is 27.9 Å². The van der Waals surface area contributed by atoms with Gasteiger partial charge < -0.3 is 11.1 Å². The van der Waals surface area contributed by atoms with Gasteiger partial charge in [0, 0.05) is 40.0 Å². The molecule has 1 aromatic heterocycles. The molecule has 0 spiro atoms. The summed E-state index contributed by atoms with van der Waals surface area (Å²) in [6.07, 6.45) is 3.44. The summed E-state index contributed by atoms with van der Waals surface area (Å²) >= 11 is 0. The van der Waals surface area contributed by atoms with Crippen LogP contribution < -0.4 is 11.1 Å². The third-order valence-corrected chi connectivity index (χ3v) is 6.32. The zero-order valence-corrected chi connectivity index (χ0v) is 20.0. The number of pyridine rings is 1. The number of rotatable bonds is 5.